The van der Waals surface area contributed by atoms with E-state index in [0.717, 1.165) is 24.7 Å². The van der Waals surface area contributed by atoms with Gasteiger partial charge >= 0.3 is 11.9 Å². The Balaban J connectivity index is 3.90. The van der Waals surface area contributed by atoms with Crippen molar-refractivity contribution in [3.05, 3.63) is 22.5 Å². The standard InChI is InChI=1S/C15H13N3O5/c1-8-13(15(21)22-4)14(23-10(3)20)12(18(8)9(2)19)5-11(6-16)7-17/h5H,1-4H3. The van der Waals surface area contributed by atoms with Crippen LogP contribution in [0.15, 0.2) is 5.57 Å². The van der Waals surface area contributed by atoms with Crippen molar-refractivity contribution in [1.29, 1.82) is 10.5 Å². The number of carbonyl (C=O) groups excluding carboxylic acids is 3. The summed E-state index contributed by atoms with van der Waals surface area (Å²) in [7, 11) is 1.13. The summed E-state index contributed by atoms with van der Waals surface area (Å²) in [5.41, 5.74) is -0.333. The first kappa shape index (κ1) is 17.7. The van der Waals surface area contributed by atoms with E-state index in [4.69, 9.17) is 15.3 Å². The van der Waals surface area contributed by atoms with Crippen LogP contribution in [-0.4, -0.2) is 29.5 Å². The molecule has 23 heavy (non-hydrogen) atoms. The average Bonchev–Trinajstić information content (AvgIpc) is 2.75. The van der Waals surface area contributed by atoms with Crippen LogP contribution in [0.1, 0.15) is 40.4 Å². The maximum Gasteiger partial charge on any atom is 0.343 e. The quantitative estimate of drug-likeness (QED) is 0.613. The maximum absolute atomic E-state index is 12.0. The average molecular weight is 315 g/mol. The van der Waals surface area contributed by atoms with Crippen molar-refractivity contribution in [3.63, 3.8) is 0 Å². The van der Waals surface area contributed by atoms with Gasteiger partial charge in [0.05, 0.1) is 12.8 Å². The van der Waals surface area contributed by atoms with Gasteiger partial charge in [-0.15, -0.1) is 0 Å². The summed E-state index contributed by atoms with van der Waals surface area (Å²) in [4.78, 5) is 35.2. The molecule has 0 atom stereocenters. The van der Waals surface area contributed by atoms with Gasteiger partial charge in [0.2, 0.25) is 5.91 Å². The molecule has 1 aromatic heterocycles. The molecule has 0 N–H and O–H groups in total. The number of aromatic nitrogens is 1. The van der Waals surface area contributed by atoms with Crippen LogP contribution < -0.4 is 4.74 Å². The number of methoxy groups -OCH3 is 1. The number of nitrogens with zero attached hydrogens (tertiary/aromatic N) is 3. The largest absolute Gasteiger partial charge is 0.465 e. The van der Waals surface area contributed by atoms with Gasteiger partial charge in [-0.2, -0.15) is 10.5 Å². The molecule has 0 radical (unpaired) electrons. The minimum atomic E-state index is -0.816. The van der Waals surface area contributed by atoms with Crippen LogP contribution in [0, 0.1) is 29.6 Å². The molecule has 0 bridgehead atoms. The molecule has 0 aromatic carbocycles. The van der Waals surface area contributed by atoms with E-state index in [0.29, 0.717) is 0 Å². The number of ether oxygens (including phenoxy) is 2. The summed E-state index contributed by atoms with van der Waals surface area (Å²) in [5, 5.41) is 17.8. The second-order valence-electron chi connectivity index (χ2n) is 4.40. The Morgan fingerprint density at radius 2 is 1.74 bits per heavy atom. The Morgan fingerprint density at radius 3 is 2.13 bits per heavy atom. The van der Waals surface area contributed by atoms with Crippen LogP contribution >= 0.6 is 0 Å². The fourth-order valence-electron chi connectivity index (χ4n) is 2.04. The second-order valence-corrected chi connectivity index (χ2v) is 4.40. The summed E-state index contributed by atoms with van der Waals surface area (Å²) in [6.45, 7) is 3.79. The number of rotatable bonds is 3. The van der Waals surface area contributed by atoms with E-state index in [1.54, 1.807) is 12.1 Å². The van der Waals surface area contributed by atoms with E-state index >= 15 is 0 Å². The van der Waals surface area contributed by atoms with E-state index in [-0.39, 0.29) is 28.3 Å². The van der Waals surface area contributed by atoms with Crippen LogP contribution in [0.4, 0.5) is 0 Å². The predicted octanol–water partition coefficient (Wildman–Crippen LogP) is 1.60. The van der Waals surface area contributed by atoms with Crippen LogP contribution in [-0.2, 0) is 9.53 Å². The highest BCUT2D eigenvalue weighted by atomic mass is 16.5. The van der Waals surface area contributed by atoms with Gasteiger partial charge in [-0.1, -0.05) is 0 Å². The van der Waals surface area contributed by atoms with Crippen molar-refractivity contribution in [3.8, 4) is 17.9 Å². The van der Waals surface area contributed by atoms with E-state index < -0.39 is 17.8 Å². The summed E-state index contributed by atoms with van der Waals surface area (Å²) >= 11 is 0. The fourth-order valence-corrected chi connectivity index (χ4v) is 2.04. The normalized spacial score (nSPS) is 9.30. The first-order chi connectivity index (χ1) is 10.8. The van der Waals surface area contributed by atoms with Crippen molar-refractivity contribution < 1.29 is 23.9 Å². The molecule has 0 fully saturated rings. The zero-order chi connectivity index (χ0) is 17.7. The summed E-state index contributed by atoms with van der Waals surface area (Å²) < 4.78 is 10.7. The molecular formula is C15H13N3O5. The molecule has 1 heterocycles. The number of allylic oxidation sites excluding steroid dienone is 1. The minimum Gasteiger partial charge on any atom is -0.465 e. The SMILES string of the molecule is COC(=O)c1c(OC(C)=O)c(C=C(C#N)C#N)n(C(C)=O)c1C. The van der Waals surface area contributed by atoms with E-state index in [1.165, 1.54) is 13.8 Å². The fraction of sp³-hybridized carbons (Fsp3) is 0.267. The third-order valence-electron chi connectivity index (χ3n) is 2.87. The minimum absolute atomic E-state index is 0.0521. The van der Waals surface area contributed by atoms with Crippen LogP contribution in [0.3, 0.4) is 0 Å². The summed E-state index contributed by atoms with van der Waals surface area (Å²) in [5.74, 6) is -2.28. The number of esters is 2. The van der Waals surface area contributed by atoms with Gasteiger partial charge in [0.1, 0.15) is 23.3 Å². The van der Waals surface area contributed by atoms with Crippen molar-refractivity contribution in [1.82, 2.24) is 4.57 Å². The molecule has 0 spiro atoms. The summed E-state index contributed by atoms with van der Waals surface area (Å²) in [6.07, 6.45) is 1.07. The summed E-state index contributed by atoms with van der Waals surface area (Å²) in [6, 6.07) is 3.28. The van der Waals surface area contributed by atoms with Gasteiger partial charge in [-0.05, 0) is 13.0 Å². The molecular weight excluding hydrogens is 302 g/mol. The molecule has 0 unspecified atom stereocenters. The van der Waals surface area contributed by atoms with Gasteiger partial charge in [-0.25, -0.2) is 4.79 Å². The molecule has 0 saturated carbocycles. The van der Waals surface area contributed by atoms with E-state index in [9.17, 15) is 14.4 Å². The highest BCUT2D eigenvalue weighted by Crippen LogP contribution is 2.33. The highest BCUT2D eigenvalue weighted by Gasteiger charge is 2.29. The second kappa shape index (κ2) is 7.05. The number of hydrogen-bond donors (Lipinski definition) is 0. The molecule has 8 nitrogen and oxygen atoms in total. The molecule has 1 rings (SSSR count). The number of hydrogen-bond acceptors (Lipinski definition) is 7. The molecule has 118 valence electrons. The van der Waals surface area contributed by atoms with Crippen molar-refractivity contribution in [2.75, 3.05) is 7.11 Å². The van der Waals surface area contributed by atoms with Gasteiger partial charge in [0.25, 0.3) is 0 Å². The van der Waals surface area contributed by atoms with Crippen molar-refractivity contribution >= 4 is 23.9 Å². The maximum atomic E-state index is 12.0. The van der Waals surface area contributed by atoms with Crippen molar-refractivity contribution in [2.45, 2.75) is 20.8 Å². The van der Waals surface area contributed by atoms with Gasteiger partial charge in [0.15, 0.2) is 5.75 Å². The van der Waals surface area contributed by atoms with E-state index in [1.807, 2.05) is 0 Å². The lowest BCUT2D eigenvalue weighted by Crippen LogP contribution is -2.11. The topological polar surface area (TPSA) is 122 Å². The first-order valence-electron chi connectivity index (χ1n) is 6.33. The Bertz CT molecular complexity index is 787. The molecule has 1 aromatic rings. The zero-order valence-corrected chi connectivity index (χ0v) is 13.0. The third kappa shape index (κ3) is 3.44. The molecule has 0 aliphatic rings. The molecule has 0 aliphatic heterocycles. The Morgan fingerprint density at radius 1 is 1.17 bits per heavy atom. The Hall–Kier alpha value is -3.39. The lowest BCUT2D eigenvalue weighted by atomic mass is 10.2. The van der Waals surface area contributed by atoms with Crippen LogP contribution in [0.5, 0.6) is 5.75 Å². The Kier molecular flexibility index (Phi) is 5.41. The highest BCUT2D eigenvalue weighted by molar-refractivity contribution is 5.99. The van der Waals surface area contributed by atoms with Gasteiger partial charge < -0.3 is 9.47 Å². The monoisotopic (exact) mass is 315 g/mol. The van der Waals surface area contributed by atoms with Gasteiger partial charge in [-0.3, -0.25) is 14.2 Å². The van der Waals surface area contributed by atoms with Crippen LogP contribution in [0.25, 0.3) is 6.08 Å². The predicted molar refractivity (Wildman–Crippen MR) is 77.3 cm³/mol. The lowest BCUT2D eigenvalue weighted by molar-refractivity contribution is -0.131. The zero-order valence-electron chi connectivity index (χ0n) is 13.0. The number of carbonyl (C=O) groups is 3. The smallest absolute Gasteiger partial charge is 0.343 e. The molecule has 0 amide bonds. The van der Waals surface area contributed by atoms with Crippen molar-refractivity contribution in [2.24, 2.45) is 0 Å². The Labute approximate surface area is 132 Å². The first-order valence-corrected chi connectivity index (χ1v) is 6.33. The van der Waals surface area contributed by atoms with E-state index in [2.05, 4.69) is 4.74 Å². The van der Waals surface area contributed by atoms with Crippen LogP contribution in [0.2, 0.25) is 0 Å². The van der Waals surface area contributed by atoms with Gasteiger partial charge in [0, 0.05) is 19.5 Å². The third-order valence-corrected chi connectivity index (χ3v) is 2.87. The number of nitriles is 2. The molecule has 0 saturated heterocycles. The molecule has 0 aliphatic carbocycles. The molecule has 8 heteroatoms. The lowest BCUT2D eigenvalue weighted by Gasteiger charge is -2.05.